The maximum absolute atomic E-state index is 6.01. The summed E-state index contributed by atoms with van der Waals surface area (Å²) in [6, 6.07) is 5.39. The van der Waals surface area contributed by atoms with Gasteiger partial charge in [-0.15, -0.1) is 0 Å². The van der Waals surface area contributed by atoms with Crippen molar-refractivity contribution in [1.29, 1.82) is 0 Å². The summed E-state index contributed by atoms with van der Waals surface area (Å²) in [6.45, 7) is 0.175. The molecule has 5 nitrogen and oxygen atoms in total. The van der Waals surface area contributed by atoms with Crippen LogP contribution in [0.2, 0.25) is 5.02 Å². The third kappa shape index (κ3) is 1.51. The molecule has 3 rings (SSSR count). The maximum Gasteiger partial charge on any atom is 0.231 e. The average molecular weight is 252 g/mol. The molecule has 2 N–H and O–H groups in total. The van der Waals surface area contributed by atoms with Crippen molar-refractivity contribution in [2.24, 2.45) is 7.05 Å². The first-order chi connectivity index (χ1) is 8.16. The summed E-state index contributed by atoms with van der Waals surface area (Å²) in [6.07, 6.45) is 0. The summed E-state index contributed by atoms with van der Waals surface area (Å²) in [4.78, 5) is 0. The molecule has 0 amide bonds. The van der Waals surface area contributed by atoms with E-state index in [0.29, 0.717) is 22.3 Å². The van der Waals surface area contributed by atoms with Crippen LogP contribution in [0.4, 0.5) is 5.82 Å². The second-order valence-corrected chi connectivity index (χ2v) is 4.14. The number of nitrogen functional groups attached to an aromatic ring is 1. The van der Waals surface area contributed by atoms with Gasteiger partial charge in [0.25, 0.3) is 0 Å². The van der Waals surface area contributed by atoms with Gasteiger partial charge in [0, 0.05) is 18.7 Å². The highest BCUT2D eigenvalue weighted by Gasteiger charge is 2.23. The summed E-state index contributed by atoms with van der Waals surface area (Å²) in [5, 5.41) is 4.83. The van der Waals surface area contributed by atoms with Crippen molar-refractivity contribution in [3.05, 3.63) is 23.2 Å². The van der Waals surface area contributed by atoms with Crippen molar-refractivity contribution in [3.8, 4) is 22.8 Å². The lowest BCUT2D eigenvalue weighted by Crippen LogP contribution is -1.96. The molecule has 0 spiro atoms. The van der Waals surface area contributed by atoms with Crippen molar-refractivity contribution in [2.45, 2.75) is 0 Å². The highest BCUT2D eigenvalue weighted by atomic mass is 35.5. The van der Waals surface area contributed by atoms with Gasteiger partial charge in [-0.05, 0) is 12.1 Å². The Morgan fingerprint density at radius 1 is 1.35 bits per heavy atom. The van der Waals surface area contributed by atoms with Crippen LogP contribution in [0.3, 0.4) is 0 Å². The molecule has 0 bridgehead atoms. The summed E-state index contributed by atoms with van der Waals surface area (Å²) in [7, 11) is 1.78. The van der Waals surface area contributed by atoms with Gasteiger partial charge in [0.05, 0.1) is 10.7 Å². The SMILES string of the molecule is Cn1nc(-c2ccc(Cl)c3c2OCO3)cc1N. The van der Waals surface area contributed by atoms with Crippen LogP contribution >= 0.6 is 11.6 Å². The van der Waals surface area contributed by atoms with Gasteiger partial charge in [-0.2, -0.15) is 5.10 Å². The Bertz CT molecular complexity index is 575. The molecule has 0 radical (unpaired) electrons. The average Bonchev–Trinajstić information content (AvgIpc) is 2.88. The zero-order valence-corrected chi connectivity index (χ0v) is 9.86. The highest BCUT2D eigenvalue weighted by molar-refractivity contribution is 6.32. The summed E-state index contributed by atoms with van der Waals surface area (Å²) in [5.74, 6) is 1.77. The molecule has 0 fully saturated rings. The van der Waals surface area contributed by atoms with Crippen LogP contribution in [-0.2, 0) is 7.05 Å². The zero-order valence-electron chi connectivity index (χ0n) is 9.11. The van der Waals surface area contributed by atoms with Gasteiger partial charge in [0.15, 0.2) is 11.5 Å². The number of fused-ring (bicyclic) bond motifs is 1. The normalized spacial score (nSPS) is 13.1. The molecule has 2 heterocycles. The van der Waals surface area contributed by atoms with Gasteiger partial charge in [-0.25, -0.2) is 0 Å². The molecule has 0 saturated carbocycles. The Hall–Kier alpha value is -1.88. The van der Waals surface area contributed by atoms with Crippen LogP contribution in [0, 0.1) is 0 Å². The van der Waals surface area contributed by atoms with Crippen LogP contribution in [0.25, 0.3) is 11.3 Å². The predicted octanol–water partition coefficient (Wildman–Crippen LogP) is 2.05. The number of benzene rings is 1. The number of hydrogen-bond donors (Lipinski definition) is 1. The largest absolute Gasteiger partial charge is 0.453 e. The van der Waals surface area contributed by atoms with Crippen molar-refractivity contribution in [2.75, 3.05) is 12.5 Å². The third-order valence-corrected chi connectivity index (χ3v) is 2.96. The summed E-state index contributed by atoms with van der Waals surface area (Å²) >= 11 is 6.01. The lowest BCUT2D eigenvalue weighted by Gasteiger charge is -2.03. The summed E-state index contributed by atoms with van der Waals surface area (Å²) in [5.41, 5.74) is 7.32. The number of rotatable bonds is 1. The van der Waals surface area contributed by atoms with Crippen LogP contribution in [-0.4, -0.2) is 16.6 Å². The minimum Gasteiger partial charge on any atom is -0.453 e. The standard InChI is InChI=1S/C11H10ClN3O2/c1-15-9(13)4-8(14-15)6-2-3-7(12)11-10(6)16-5-17-11/h2-4H,5,13H2,1H3. The third-order valence-electron chi connectivity index (χ3n) is 2.66. The molecule has 0 atom stereocenters. The minimum absolute atomic E-state index is 0.175. The molecular formula is C11H10ClN3O2. The smallest absolute Gasteiger partial charge is 0.231 e. The first-order valence-electron chi connectivity index (χ1n) is 5.05. The Morgan fingerprint density at radius 3 is 2.82 bits per heavy atom. The van der Waals surface area contributed by atoms with Gasteiger partial charge >= 0.3 is 0 Å². The topological polar surface area (TPSA) is 62.3 Å². The molecule has 1 aliphatic heterocycles. The monoisotopic (exact) mass is 251 g/mol. The zero-order chi connectivity index (χ0) is 12.0. The predicted molar refractivity (Wildman–Crippen MR) is 64.2 cm³/mol. The van der Waals surface area contributed by atoms with E-state index in [2.05, 4.69) is 5.10 Å². The molecular weight excluding hydrogens is 242 g/mol. The summed E-state index contributed by atoms with van der Waals surface area (Å²) < 4.78 is 12.3. The number of halogens is 1. The number of aromatic nitrogens is 2. The molecule has 88 valence electrons. The van der Waals surface area contributed by atoms with Crippen LogP contribution in [0.5, 0.6) is 11.5 Å². The van der Waals surface area contributed by atoms with E-state index >= 15 is 0 Å². The van der Waals surface area contributed by atoms with E-state index < -0.39 is 0 Å². The quantitative estimate of drug-likeness (QED) is 0.843. The highest BCUT2D eigenvalue weighted by Crippen LogP contribution is 2.45. The number of aryl methyl sites for hydroxylation is 1. The molecule has 2 aromatic rings. The Morgan fingerprint density at radius 2 is 2.12 bits per heavy atom. The van der Waals surface area contributed by atoms with Gasteiger partial charge < -0.3 is 15.2 Å². The van der Waals surface area contributed by atoms with Gasteiger partial charge in [-0.1, -0.05) is 11.6 Å². The van der Waals surface area contributed by atoms with Crippen molar-refractivity contribution >= 4 is 17.4 Å². The second-order valence-electron chi connectivity index (χ2n) is 3.74. The van der Waals surface area contributed by atoms with E-state index in [1.165, 1.54) is 0 Å². The Kier molecular flexibility index (Phi) is 2.16. The van der Waals surface area contributed by atoms with E-state index in [4.69, 9.17) is 26.8 Å². The first-order valence-corrected chi connectivity index (χ1v) is 5.42. The fraction of sp³-hybridized carbons (Fsp3) is 0.182. The fourth-order valence-electron chi connectivity index (χ4n) is 1.78. The van der Waals surface area contributed by atoms with E-state index in [1.807, 2.05) is 6.07 Å². The van der Waals surface area contributed by atoms with Gasteiger partial charge in [-0.3, -0.25) is 4.68 Å². The van der Waals surface area contributed by atoms with Gasteiger partial charge in [0.1, 0.15) is 5.82 Å². The van der Waals surface area contributed by atoms with E-state index in [1.54, 1.807) is 23.9 Å². The number of nitrogens with two attached hydrogens (primary N) is 1. The second kappa shape index (κ2) is 3.56. The van der Waals surface area contributed by atoms with Crippen molar-refractivity contribution in [1.82, 2.24) is 9.78 Å². The lowest BCUT2D eigenvalue weighted by atomic mass is 10.1. The number of nitrogens with zero attached hydrogens (tertiary/aromatic N) is 2. The molecule has 0 saturated heterocycles. The Balaban J connectivity index is 2.19. The molecule has 0 aliphatic carbocycles. The lowest BCUT2D eigenvalue weighted by molar-refractivity contribution is 0.174. The van der Waals surface area contributed by atoms with E-state index in [9.17, 15) is 0 Å². The van der Waals surface area contributed by atoms with E-state index in [0.717, 1.165) is 11.3 Å². The number of anilines is 1. The number of hydrogen-bond acceptors (Lipinski definition) is 4. The molecule has 0 unspecified atom stereocenters. The molecule has 17 heavy (non-hydrogen) atoms. The van der Waals surface area contributed by atoms with Crippen LogP contribution in [0.15, 0.2) is 18.2 Å². The first kappa shape index (κ1) is 10.3. The maximum atomic E-state index is 6.01. The van der Waals surface area contributed by atoms with Gasteiger partial charge in [0.2, 0.25) is 6.79 Å². The fourth-order valence-corrected chi connectivity index (χ4v) is 1.98. The molecule has 1 aromatic heterocycles. The Labute approximate surface area is 103 Å². The van der Waals surface area contributed by atoms with E-state index in [-0.39, 0.29) is 6.79 Å². The molecule has 1 aliphatic rings. The van der Waals surface area contributed by atoms with Crippen LogP contribution < -0.4 is 15.2 Å². The van der Waals surface area contributed by atoms with Crippen LogP contribution in [0.1, 0.15) is 0 Å². The molecule has 6 heteroatoms. The minimum atomic E-state index is 0.175. The van der Waals surface area contributed by atoms with Crippen molar-refractivity contribution in [3.63, 3.8) is 0 Å². The molecule has 1 aromatic carbocycles. The number of ether oxygens (including phenoxy) is 2. The van der Waals surface area contributed by atoms with Crippen molar-refractivity contribution < 1.29 is 9.47 Å².